The summed E-state index contributed by atoms with van der Waals surface area (Å²) in [6.45, 7) is 3.72. The number of carbonyl (C=O) groups is 1. The number of rotatable bonds is 3. The van der Waals surface area contributed by atoms with Crippen LogP contribution in [-0.2, 0) is 9.53 Å². The lowest BCUT2D eigenvalue weighted by molar-refractivity contribution is -0.138. The maximum Gasteiger partial charge on any atom is 0.335 e. The topological polar surface area (TPSA) is 38.7 Å². The van der Waals surface area contributed by atoms with Gasteiger partial charge in [0.05, 0.1) is 5.57 Å². The Labute approximate surface area is 71.4 Å². The van der Waals surface area contributed by atoms with E-state index in [0.717, 1.165) is 12.8 Å². The van der Waals surface area contributed by atoms with E-state index in [2.05, 4.69) is 11.6 Å². The summed E-state index contributed by atoms with van der Waals surface area (Å²) in [6, 6.07) is 0. The molecule has 3 nitrogen and oxygen atoms in total. The average molecular weight is 165 g/mol. The van der Waals surface area contributed by atoms with Gasteiger partial charge in [-0.1, -0.05) is 12.7 Å². The van der Waals surface area contributed by atoms with E-state index in [1.54, 1.807) is 18.5 Å². The molecule has 0 amide bonds. The van der Waals surface area contributed by atoms with E-state index in [9.17, 15) is 4.79 Å². The van der Waals surface area contributed by atoms with Crippen molar-refractivity contribution in [2.45, 2.75) is 12.8 Å². The molecule has 0 aromatic rings. The van der Waals surface area contributed by atoms with Crippen molar-refractivity contribution in [3.63, 3.8) is 0 Å². The maximum absolute atomic E-state index is 11.1. The molecule has 64 valence electrons. The van der Waals surface area contributed by atoms with E-state index in [1.165, 1.54) is 0 Å². The first kappa shape index (κ1) is 8.71. The molecule has 3 heteroatoms. The Balaban J connectivity index is 2.45. The molecule has 0 fully saturated rings. The van der Waals surface area contributed by atoms with Gasteiger partial charge in [-0.2, -0.15) is 0 Å². The van der Waals surface area contributed by atoms with Crippen LogP contribution in [0.4, 0.5) is 0 Å². The van der Waals surface area contributed by atoms with E-state index in [4.69, 9.17) is 4.74 Å². The van der Waals surface area contributed by atoms with E-state index >= 15 is 0 Å². The molecule has 0 aliphatic carbocycles. The molecule has 0 N–H and O–H groups in total. The number of esters is 1. The highest BCUT2D eigenvalue weighted by Gasteiger charge is 2.10. The van der Waals surface area contributed by atoms with Gasteiger partial charge in [0, 0.05) is 12.4 Å². The highest BCUT2D eigenvalue weighted by molar-refractivity contribution is 5.89. The van der Waals surface area contributed by atoms with Gasteiger partial charge in [-0.15, -0.1) is 0 Å². The summed E-state index contributed by atoms with van der Waals surface area (Å²) in [7, 11) is 0. The Morgan fingerprint density at radius 1 is 1.83 bits per heavy atom. The predicted octanol–water partition coefficient (Wildman–Crippen LogP) is 1.46. The third-order valence-corrected chi connectivity index (χ3v) is 1.47. The molecule has 1 aliphatic rings. The van der Waals surface area contributed by atoms with Crippen molar-refractivity contribution in [3.05, 3.63) is 24.4 Å². The fourth-order valence-electron chi connectivity index (χ4n) is 0.884. The summed E-state index contributed by atoms with van der Waals surface area (Å²) in [6.07, 6.45) is 6.41. The number of carbonyl (C=O) groups excluding carboxylic acids is 1. The smallest absolute Gasteiger partial charge is 0.335 e. The SMILES string of the molecule is C=CCOC(=O)C1=CN=CCC1. The van der Waals surface area contributed by atoms with E-state index in [-0.39, 0.29) is 12.6 Å². The van der Waals surface area contributed by atoms with Gasteiger partial charge < -0.3 is 4.74 Å². The van der Waals surface area contributed by atoms with Crippen LogP contribution in [0, 0.1) is 0 Å². The number of aliphatic imine (C=N–C) groups is 1. The lowest BCUT2D eigenvalue weighted by Crippen LogP contribution is -2.09. The van der Waals surface area contributed by atoms with Crippen molar-refractivity contribution >= 4 is 12.2 Å². The lowest BCUT2D eigenvalue weighted by atomic mass is 10.1. The van der Waals surface area contributed by atoms with Crippen LogP contribution in [0.5, 0.6) is 0 Å². The zero-order valence-corrected chi connectivity index (χ0v) is 6.82. The minimum absolute atomic E-state index is 0.264. The molecule has 0 spiro atoms. The number of nitrogens with zero attached hydrogens (tertiary/aromatic N) is 1. The van der Waals surface area contributed by atoms with Crippen LogP contribution in [0.2, 0.25) is 0 Å². The van der Waals surface area contributed by atoms with Crippen LogP contribution < -0.4 is 0 Å². The normalized spacial score (nSPS) is 15.2. The van der Waals surface area contributed by atoms with Crippen molar-refractivity contribution in [3.8, 4) is 0 Å². The van der Waals surface area contributed by atoms with Gasteiger partial charge >= 0.3 is 5.97 Å². The summed E-state index contributed by atoms with van der Waals surface area (Å²) >= 11 is 0. The molecule has 0 unspecified atom stereocenters. The van der Waals surface area contributed by atoms with Gasteiger partial charge in [-0.25, -0.2) is 4.79 Å². The molecule has 0 saturated carbocycles. The van der Waals surface area contributed by atoms with Crippen LogP contribution in [0.3, 0.4) is 0 Å². The van der Waals surface area contributed by atoms with Gasteiger partial charge in [-0.05, 0) is 12.8 Å². The van der Waals surface area contributed by atoms with Gasteiger partial charge in [-0.3, -0.25) is 4.99 Å². The summed E-state index contributed by atoms with van der Waals surface area (Å²) in [4.78, 5) is 15.0. The zero-order valence-electron chi connectivity index (χ0n) is 6.82. The second kappa shape index (κ2) is 4.49. The van der Waals surface area contributed by atoms with Crippen LogP contribution in [0.1, 0.15) is 12.8 Å². The Bertz CT molecular complexity index is 241. The minimum Gasteiger partial charge on any atom is -0.458 e. The molecule has 0 saturated heterocycles. The number of hydrogen-bond donors (Lipinski definition) is 0. The molecule has 1 heterocycles. The molecule has 0 aromatic carbocycles. The highest BCUT2D eigenvalue weighted by atomic mass is 16.5. The van der Waals surface area contributed by atoms with Gasteiger partial charge in [0.1, 0.15) is 6.61 Å². The van der Waals surface area contributed by atoms with Crippen molar-refractivity contribution < 1.29 is 9.53 Å². The molecule has 0 aromatic heterocycles. The molecule has 0 atom stereocenters. The van der Waals surface area contributed by atoms with Gasteiger partial charge in [0.15, 0.2) is 0 Å². The maximum atomic E-state index is 11.1. The fraction of sp³-hybridized carbons (Fsp3) is 0.333. The third-order valence-electron chi connectivity index (χ3n) is 1.47. The number of ether oxygens (including phenoxy) is 1. The first-order chi connectivity index (χ1) is 5.84. The molecular weight excluding hydrogens is 154 g/mol. The van der Waals surface area contributed by atoms with E-state index in [1.807, 2.05) is 0 Å². The fourth-order valence-corrected chi connectivity index (χ4v) is 0.884. The summed E-state index contributed by atoms with van der Waals surface area (Å²) in [5.74, 6) is -0.285. The van der Waals surface area contributed by atoms with Crippen molar-refractivity contribution in [1.29, 1.82) is 0 Å². The van der Waals surface area contributed by atoms with Crippen LogP contribution in [0.25, 0.3) is 0 Å². The monoisotopic (exact) mass is 165 g/mol. The van der Waals surface area contributed by atoms with Crippen molar-refractivity contribution in [2.24, 2.45) is 4.99 Å². The molecule has 0 bridgehead atoms. The summed E-state index contributed by atoms with van der Waals surface area (Å²) in [5, 5.41) is 0. The summed E-state index contributed by atoms with van der Waals surface area (Å²) < 4.78 is 4.83. The molecule has 1 rings (SSSR count). The van der Waals surface area contributed by atoms with Crippen molar-refractivity contribution in [1.82, 2.24) is 0 Å². The molecule has 12 heavy (non-hydrogen) atoms. The van der Waals surface area contributed by atoms with Crippen LogP contribution in [-0.4, -0.2) is 18.8 Å². The third kappa shape index (κ3) is 2.34. The number of hydrogen-bond acceptors (Lipinski definition) is 3. The van der Waals surface area contributed by atoms with Gasteiger partial charge in [0.25, 0.3) is 0 Å². The largest absolute Gasteiger partial charge is 0.458 e. The molecule has 0 radical (unpaired) electrons. The lowest BCUT2D eigenvalue weighted by Gasteiger charge is -2.06. The Morgan fingerprint density at radius 3 is 3.25 bits per heavy atom. The Morgan fingerprint density at radius 2 is 2.67 bits per heavy atom. The minimum atomic E-state index is -0.285. The Kier molecular flexibility index (Phi) is 3.26. The van der Waals surface area contributed by atoms with E-state index < -0.39 is 0 Å². The first-order valence-corrected chi connectivity index (χ1v) is 3.83. The van der Waals surface area contributed by atoms with Gasteiger partial charge in [0.2, 0.25) is 0 Å². The van der Waals surface area contributed by atoms with E-state index in [0.29, 0.717) is 5.57 Å². The molecule has 1 aliphatic heterocycles. The average Bonchev–Trinajstić information content (AvgIpc) is 2.15. The predicted molar refractivity (Wildman–Crippen MR) is 47.0 cm³/mol. The zero-order chi connectivity index (χ0) is 8.81. The first-order valence-electron chi connectivity index (χ1n) is 3.83. The standard InChI is InChI=1S/C9H11NO2/c1-2-6-12-9(11)8-4-3-5-10-7-8/h2,5,7H,1,3-4,6H2. The van der Waals surface area contributed by atoms with Crippen molar-refractivity contribution in [2.75, 3.05) is 6.61 Å². The Hall–Kier alpha value is -1.38. The van der Waals surface area contributed by atoms with Crippen LogP contribution >= 0.6 is 0 Å². The summed E-state index contributed by atoms with van der Waals surface area (Å²) in [5.41, 5.74) is 0.638. The quantitative estimate of drug-likeness (QED) is 0.469. The second-order valence-corrected chi connectivity index (χ2v) is 2.41. The molecular formula is C9H11NO2. The second-order valence-electron chi connectivity index (χ2n) is 2.41. The van der Waals surface area contributed by atoms with Crippen LogP contribution in [0.15, 0.2) is 29.4 Å². The highest BCUT2D eigenvalue weighted by Crippen LogP contribution is 2.10.